The van der Waals surface area contributed by atoms with Gasteiger partial charge in [0.1, 0.15) is 11.3 Å². The average Bonchev–Trinajstić information content (AvgIpc) is 2.64. The van der Waals surface area contributed by atoms with Crippen LogP contribution in [0.1, 0.15) is 16.1 Å². The predicted octanol–water partition coefficient (Wildman–Crippen LogP) is 2.27. The van der Waals surface area contributed by atoms with Crippen LogP contribution in [0.25, 0.3) is 5.65 Å². The largest absolute Gasteiger partial charge is 0.493 e. The number of rotatable bonds is 4. The van der Waals surface area contributed by atoms with E-state index in [1.54, 1.807) is 49.5 Å². The van der Waals surface area contributed by atoms with Gasteiger partial charge in [0.05, 0.1) is 19.9 Å². The maximum absolute atomic E-state index is 12.6. The third-order valence-electron chi connectivity index (χ3n) is 3.80. The number of nitrogens with one attached hydrogen (secondary N) is 1. The Morgan fingerprint density at radius 3 is 2.60 bits per heavy atom. The lowest BCUT2D eigenvalue weighted by Crippen LogP contribution is -2.25. The lowest BCUT2D eigenvalue weighted by molar-refractivity contribution is 0.102. The van der Waals surface area contributed by atoms with Crippen molar-refractivity contribution in [2.45, 2.75) is 6.92 Å². The van der Waals surface area contributed by atoms with Crippen LogP contribution in [0, 0.1) is 6.92 Å². The predicted molar refractivity (Wildman–Crippen MR) is 93.7 cm³/mol. The van der Waals surface area contributed by atoms with E-state index in [0.717, 1.165) is 0 Å². The first-order valence-electron chi connectivity index (χ1n) is 7.56. The zero-order valence-electron chi connectivity index (χ0n) is 14.1. The molecule has 25 heavy (non-hydrogen) atoms. The van der Waals surface area contributed by atoms with Crippen molar-refractivity contribution in [1.82, 2.24) is 9.38 Å². The van der Waals surface area contributed by atoms with Crippen molar-refractivity contribution >= 4 is 17.2 Å². The van der Waals surface area contributed by atoms with Crippen LogP contribution in [0.15, 0.2) is 47.4 Å². The van der Waals surface area contributed by atoms with Crippen molar-refractivity contribution in [2.24, 2.45) is 0 Å². The number of carbonyl (C=O) groups excluding carboxylic acids is 1. The first-order chi connectivity index (χ1) is 12.0. The van der Waals surface area contributed by atoms with E-state index in [0.29, 0.717) is 28.4 Å². The zero-order valence-corrected chi connectivity index (χ0v) is 14.1. The number of aromatic nitrogens is 2. The Morgan fingerprint density at radius 2 is 1.88 bits per heavy atom. The Labute approximate surface area is 143 Å². The van der Waals surface area contributed by atoms with Gasteiger partial charge in [0.15, 0.2) is 11.5 Å². The van der Waals surface area contributed by atoms with Crippen molar-refractivity contribution in [3.05, 3.63) is 64.2 Å². The minimum Gasteiger partial charge on any atom is -0.493 e. The van der Waals surface area contributed by atoms with Crippen LogP contribution in [0.5, 0.6) is 11.5 Å². The minimum absolute atomic E-state index is 0.142. The molecular formula is C18H17N3O4. The number of aryl methyl sites for hydroxylation is 1. The van der Waals surface area contributed by atoms with Crippen LogP contribution < -0.4 is 20.3 Å². The second-order valence-electron chi connectivity index (χ2n) is 5.33. The topological polar surface area (TPSA) is 81.9 Å². The molecule has 0 atom stereocenters. The van der Waals surface area contributed by atoms with Crippen molar-refractivity contribution in [3.8, 4) is 11.5 Å². The smallest absolute Gasteiger partial charge is 0.281 e. The third kappa shape index (κ3) is 3.03. The van der Waals surface area contributed by atoms with Gasteiger partial charge in [0.2, 0.25) is 0 Å². The molecule has 0 unspecified atom stereocenters. The van der Waals surface area contributed by atoms with E-state index in [1.807, 2.05) is 0 Å². The van der Waals surface area contributed by atoms with Crippen molar-refractivity contribution in [3.63, 3.8) is 0 Å². The SMILES string of the molecule is COc1ccc(C(=O)Nc2c(C)nc3ccccn3c2=O)cc1OC. The summed E-state index contributed by atoms with van der Waals surface area (Å²) >= 11 is 0. The molecule has 2 aromatic heterocycles. The van der Waals surface area contributed by atoms with Crippen molar-refractivity contribution < 1.29 is 14.3 Å². The zero-order chi connectivity index (χ0) is 18.0. The van der Waals surface area contributed by atoms with E-state index in [-0.39, 0.29) is 11.2 Å². The van der Waals surface area contributed by atoms with Crippen LogP contribution in [0.4, 0.5) is 5.69 Å². The fourth-order valence-electron chi connectivity index (χ4n) is 2.51. The highest BCUT2D eigenvalue weighted by molar-refractivity contribution is 6.04. The number of anilines is 1. The molecule has 3 rings (SSSR count). The summed E-state index contributed by atoms with van der Waals surface area (Å²) < 4.78 is 11.7. The Morgan fingerprint density at radius 1 is 1.12 bits per heavy atom. The Balaban J connectivity index is 1.99. The van der Waals surface area contributed by atoms with E-state index in [1.165, 1.54) is 18.6 Å². The average molecular weight is 339 g/mol. The Kier molecular flexibility index (Phi) is 4.38. The van der Waals surface area contributed by atoms with Gasteiger partial charge in [0.25, 0.3) is 11.5 Å². The normalized spacial score (nSPS) is 10.5. The van der Waals surface area contributed by atoms with Gasteiger partial charge in [-0.05, 0) is 37.3 Å². The summed E-state index contributed by atoms with van der Waals surface area (Å²) in [6.45, 7) is 1.68. The summed E-state index contributed by atoms with van der Waals surface area (Å²) in [5.41, 5.74) is 1.12. The quantitative estimate of drug-likeness (QED) is 0.788. The maximum atomic E-state index is 12.6. The van der Waals surface area contributed by atoms with Gasteiger partial charge in [-0.25, -0.2) is 4.98 Å². The van der Waals surface area contributed by atoms with E-state index < -0.39 is 5.91 Å². The number of amides is 1. The summed E-state index contributed by atoms with van der Waals surface area (Å²) in [7, 11) is 3.01. The van der Waals surface area contributed by atoms with Crippen molar-refractivity contribution in [1.29, 1.82) is 0 Å². The molecule has 7 nitrogen and oxygen atoms in total. The molecule has 0 saturated heterocycles. The van der Waals surface area contributed by atoms with Crippen LogP contribution in [-0.4, -0.2) is 29.5 Å². The van der Waals surface area contributed by atoms with Crippen LogP contribution in [0.2, 0.25) is 0 Å². The molecule has 7 heteroatoms. The molecule has 2 heterocycles. The summed E-state index contributed by atoms with van der Waals surface area (Å²) in [6.07, 6.45) is 1.61. The van der Waals surface area contributed by atoms with Gasteiger partial charge in [-0.1, -0.05) is 6.07 Å². The number of nitrogens with zero attached hydrogens (tertiary/aromatic N) is 2. The molecule has 0 radical (unpaired) electrons. The Hall–Kier alpha value is -3.35. The third-order valence-corrected chi connectivity index (χ3v) is 3.80. The minimum atomic E-state index is -0.432. The molecule has 0 spiro atoms. The molecule has 0 aliphatic rings. The van der Waals surface area contributed by atoms with E-state index in [4.69, 9.17) is 9.47 Å². The Bertz CT molecular complexity index is 1010. The summed E-state index contributed by atoms with van der Waals surface area (Å²) in [5, 5.41) is 2.64. The highest BCUT2D eigenvalue weighted by Gasteiger charge is 2.15. The number of hydrogen-bond acceptors (Lipinski definition) is 5. The first-order valence-corrected chi connectivity index (χ1v) is 7.56. The number of fused-ring (bicyclic) bond motifs is 1. The number of carbonyl (C=O) groups is 1. The van der Waals surface area contributed by atoms with Gasteiger partial charge in [0, 0.05) is 11.8 Å². The molecule has 0 aliphatic carbocycles. The fourth-order valence-corrected chi connectivity index (χ4v) is 2.51. The highest BCUT2D eigenvalue weighted by Crippen LogP contribution is 2.27. The highest BCUT2D eigenvalue weighted by atomic mass is 16.5. The molecular weight excluding hydrogens is 322 g/mol. The van der Waals surface area contributed by atoms with Gasteiger partial charge < -0.3 is 14.8 Å². The molecule has 1 N–H and O–H groups in total. The van der Waals surface area contributed by atoms with E-state index >= 15 is 0 Å². The second-order valence-corrected chi connectivity index (χ2v) is 5.33. The van der Waals surface area contributed by atoms with Crippen LogP contribution in [-0.2, 0) is 0 Å². The first kappa shape index (κ1) is 16.5. The number of hydrogen-bond donors (Lipinski definition) is 1. The van der Waals surface area contributed by atoms with Crippen LogP contribution in [0.3, 0.4) is 0 Å². The van der Waals surface area contributed by atoms with E-state index in [2.05, 4.69) is 10.3 Å². The maximum Gasteiger partial charge on any atom is 0.281 e. The molecule has 1 amide bonds. The second kappa shape index (κ2) is 6.64. The molecule has 1 aromatic carbocycles. The van der Waals surface area contributed by atoms with Gasteiger partial charge in [-0.15, -0.1) is 0 Å². The van der Waals surface area contributed by atoms with Gasteiger partial charge >= 0.3 is 0 Å². The van der Waals surface area contributed by atoms with Crippen molar-refractivity contribution in [2.75, 3.05) is 19.5 Å². The molecule has 0 fully saturated rings. The van der Waals surface area contributed by atoms with Gasteiger partial charge in [-0.3, -0.25) is 14.0 Å². The number of ether oxygens (including phenoxy) is 2. The summed E-state index contributed by atoms with van der Waals surface area (Å²) in [5.74, 6) is 0.515. The molecule has 3 aromatic rings. The van der Waals surface area contributed by atoms with Crippen LogP contribution >= 0.6 is 0 Å². The lowest BCUT2D eigenvalue weighted by Gasteiger charge is -2.11. The number of methoxy groups -OCH3 is 2. The standard InChI is InChI=1S/C18H17N3O4/c1-11-16(18(23)21-9-5-4-6-15(21)19-11)20-17(22)12-7-8-13(24-2)14(10-12)25-3/h4-10H,1-3H3,(H,20,22). The molecule has 0 aliphatic heterocycles. The molecule has 0 bridgehead atoms. The van der Waals surface area contributed by atoms with E-state index in [9.17, 15) is 9.59 Å². The summed E-state index contributed by atoms with van der Waals surface area (Å²) in [6, 6.07) is 10.0. The molecule has 0 saturated carbocycles. The fraction of sp³-hybridized carbons (Fsp3) is 0.167. The number of benzene rings is 1. The summed E-state index contributed by atoms with van der Waals surface area (Å²) in [4.78, 5) is 29.5. The number of pyridine rings is 1. The monoisotopic (exact) mass is 339 g/mol. The molecule has 128 valence electrons. The lowest BCUT2D eigenvalue weighted by atomic mass is 10.2. The van der Waals surface area contributed by atoms with Gasteiger partial charge in [-0.2, -0.15) is 0 Å².